The Balaban J connectivity index is 1.69. The van der Waals surface area contributed by atoms with E-state index in [1.54, 1.807) is 26.8 Å². The second-order valence-corrected chi connectivity index (χ2v) is 13.2. The van der Waals surface area contributed by atoms with Gasteiger partial charge < -0.3 is 28.4 Å². The van der Waals surface area contributed by atoms with Gasteiger partial charge in [-0.3, -0.25) is 24.0 Å². The van der Waals surface area contributed by atoms with E-state index in [4.69, 9.17) is 28.4 Å². The van der Waals surface area contributed by atoms with Crippen LogP contribution in [0.3, 0.4) is 0 Å². The normalized spacial score (nSPS) is 46.8. The minimum absolute atomic E-state index is 0.200. The Labute approximate surface area is 245 Å². The lowest BCUT2D eigenvalue weighted by Gasteiger charge is -2.34. The van der Waals surface area contributed by atoms with Gasteiger partial charge in [0, 0.05) is 43.9 Å². The van der Waals surface area contributed by atoms with Gasteiger partial charge in [-0.1, -0.05) is 34.6 Å². The summed E-state index contributed by atoms with van der Waals surface area (Å²) in [5.74, 6) is -4.45. The number of Topliss-reactive ketones (excluding diaryl/α,β-unsaturated/α-hetero) is 1. The average molecular weight is 591 g/mol. The summed E-state index contributed by atoms with van der Waals surface area (Å²) < 4.78 is 36.1. The minimum atomic E-state index is -1.29. The molecule has 0 bridgehead atoms. The molecule has 2 saturated carbocycles. The first-order valence-electron chi connectivity index (χ1n) is 14.9. The lowest BCUT2D eigenvalue weighted by Crippen LogP contribution is -2.44. The Hall–Kier alpha value is -2.79. The third kappa shape index (κ3) is 4.32. The fourth-order valence-corrected chi connectivity index (χ4v) is 8.11. The topological polar surface area (TPSA) is 144 Å². The Morgan fingerprint density at radius 1 is 1.00 bits per heavy atom. The van der Waals surface area contributed by atoms with Crippen LogP contribution in [0.2, 0.25) is 0 Å². The van der Waals surface area contributed by atoms with Crippen LogP contribution in [0, 0.1) is 35.0 Å². The van der Waals surface area contributed by atoms with Crippen LogP contribution in [0.15, 0.2) is 11.6 Å². The first-order chi connectivity index (χ1) is 19.6. The predicted octanol–water partition coefficient (Wildman–Crippen LogP) is 3.06. The van der Waals surface area contributed by atoms with Crippen molar-refractivity contribution in [1.82, 2.24) is 0 Å². The first-order valence-corrected chi connectivity index (χ1v) is 14.9. The highest BCUT2D eigenvalue weighted by molar-refractivity contribution is 5.96. The zero-order chi connectivity index (χ0) is 31.1. The number of fused-ring (bicyclic) bond motifs is 1. The van der Waals surface area contributed by atoms with Crippen molar-refractivity contribution in [3.05, 3.63) is 11.6 Å². The number of epoxide rings is 1. The maximum atomic E-state index is 14.4. The van der Waals surface area contributed by atoms with Crippen LogP contribution in [0.5, 0.6) is 0 Å². The summed E-state index contributed by atoms with van der Waals surface area (Å²) >= 11 is 0. The summed E-state index contributed by atoms with van der Waals surface area (Å²) in [6.45, 7) is 14.8. The molecule has 3 aliphatic carbocycles. The molecule has 42 heavy (non-hydrogen) atoms. The predicted molar refractivity (Wildman–Crippen MR) is 144 cm³/mol. The summed E-state index contributed by atoms with van der Waals surface area (Å²) in [6, 6.07) is 0. The van der Waals surface area contributed by atoms with Crippen molar-refractivity contribution in [2.24, 2.45) is 35.0 Å². The molecule has 0 aromatic rings. The molecule has 2 aliphatic heterocycles. The zero-order valence-corrected chi connectivity index (χ0v) is 25.8. The molecule has 13 atom stereocenters. The van der Waals surface area contributed by atoms with Crippen molar-refractivity contribution in [3.8, 4) is 0 Å². The zero-order valence-electron chi connectivity index (χ0n) is 25.8. The number of carbonyl (C=O) groups excluding carboxylic acids is 5. The largest absolute Gasteiger partial charge is 0.459 e. The maximum Gasteiger partial charge on any atom is 0.309 e. The molecule has 4 fully saturated rings. The van der Waals surface area contributed by atoms with Crippen LogP contribution < -0.4 is 0 Å². The second-order valence-electron chi connectivity index (χ2n) is 13.2. The van der Waals surface area contributed by atoms with E-state index in [0.29, 0.717) is 18.4 Å². The lowest BCUT2D eigenvalue weighted by molar-refractivity contribution is -0.203. The summed E-state index contributed by atoms with van der Waals surface area (Å²) in [4.78, 5) is 64.4. The summed E-state index contributed by atoms with van der Waals surface area (Å²) in [7, 11) is 0. The number of ether oxygens (including phenoxy) is 6. The molecule has 1 unspecified atom stereocenters. The van der Waals surface area contributed by atoms with E-state index < -0.39 is 89.0 Å². The van der Waals surface area contributed by atoms with Crippen molar-refractivity contribution in [2.75, 3.05) is 0 Å². The molecule has 5 aliphatic rings. The Bertz CT molecular complexity index is 1240. The molecular weight excluding hydrogens is 548 g/mol. The molecule has 5 rings (SSSR count). The minimum Gasteiger partial charge on any atom is -0.459 e. The van der Waals surface area contributed by atoms with Crippen LogP contribution in [-0.2, 0) is 52.4 Å². The number of hydrogen-bond donors (Lipinski definition) is 0. The average Bonchev–Trinajstić information content (AvgIpc) is 3.67. The third-order valence-electron chi connectivity index (χ3n) is 10.3. The monoisotopic (exact) mass is 590 g/mol. The van der Waals surface area contributed by atoms with E-state index in [2.05, 4.69) is 0 Å². The molecule has 2 saturated heterocycles. The molecule has 11 nitrogen and oxygen atoms in total. The molecule has 0 amide bonds. The van der Waals surface area contributed by atoms with Crippen molar-refractivity contribution in [2.45, 2.75) is 117 Å². The fraction of sp³-hybridized carbons (Fsp3) is 0.774. The highest BCUT2D eigenvalue weighted by Crippen LogP contribution is 2.73. The second kappa shape index (κ2) is 10.1. The van der Waals surface area contributed by atoms with Crippen LogP contribution in [0.1, 0.15) is 75.2 Å². The molecule has 232 valence electrons. The van der Waals surface area contributed by atoms with Crippen molar-refractivity contribution in [1.29, 1.82) is 0 Å². The molecule has 11 heteroatoms. The van der Waals surface area contributed by atoms with Crippen LogP contribution in [0.4, 0.5) is 0 Å². The van der Waals surface area contributed by atoms with Crippen molar-refractivity contribution in [3.63, 3.8) is 0 Å². The van der Waals surface area contributed by atoms with Crippen molar-refractivity contribution < 1.29 is 52.4 Å². The highest BCUT2D eigenvalue weighted by Gasteiger charge is 2.85. The van der Waals surface area contributed by atoms with Gasteiger partial charge in [-0.15, -0.1) is 0 Å². The van der Waals surface area contributed by atoms with Crippen LogP contribution in [0.25, 0.3) is 0 Å². The van der Waals surface area contributed by atoms with Gasteiger partial charge in [-0.2, -0.15) is 0 Å². The molecule has 0 aromatic heterocycles. The first kappa shape index (κ1) is 30.7. The Morgan fingerprint density at radius 3 is 2.19 bits per heavy atom. The van der Waals surface area contributed by atoms with Gasteiger partial charge in [-0.05, 0) is 37.3 Å². The van der Waals surface area contributed by atoms with Gasteiger partial charge in [0.1, 0.15) is 12.2 Å². The molecule has 0 radical (unpaired) electrons. The molecular formula is C31H42O11. The van der Waals surface area contributed by atoms with Crippen LogP contribution >= 0.6 is 0 Å². The Morgan fingerprint density at radius 2 is 1.62 bits per heavy atom. The molecule has 0 aromatic carbocycles. The van der Waals surface area contributed by atoms with Gasteiger partial charge in [0.05, 0.1) is 12.0 Å². The Kier molecular flexibility index (Phi) is 7.41. The van der Waals surface area contributed by atoms with Crippen LogP contribution in [-0.4, -0.2) is 71.6 Å². The van der Waals surface area contributed by atoms with Gasteiger partial charge in [0.15, 0.2) is 23.1 Å². The quantitative estimate of drug-likeness (QED) is 0.195. The smallest absolute Gasteiger partial charge is 0.309 e. The van der Waals surface area contributed by atoms with Gasteiger partial charge in [0.25, 0.3) is 0 Å². The van der Waals surface area contributed by atoms with E-state index in [-0.39, 0.29) is 17.6 Å². The molecule has 0 N–H and O–H groups in total. The van der Waals surface area contributed by atoms with E-state index >= 15 is 0 Å². The van der Waals surface area contributed by atoms with E-state index in [0.717, 1.165) is 0 Å². The van der Waals surface area contributed by atoms with E-state index in [1.165, 1.54) is 20.8 Å². The van der Waals surface area contributed by atoms with Gasteiger partial charge in [-0.25, -0.2) is 0 Å². The van der Waals surface area contributed by atoms with Gasteiger partial charge >= 0.3 is 23.9 Å². The van der Waals surface area contributed by atoms with Gasteiger partial charge in [0.2, 0.25) is 6.29 Å². The number of rotatable bonds is 6. The fourth-order valence-electron chi connectivity index (χ4n) is 8.11. The number of hydrogen-bond acceptors (Lipinski definition) is 11. The molecule has 0 spiro atoms. The summed E-state index contributed by atoms with van der Waals surface area (Å²) in [5.41, 5.74) is -2.89. The highest BCUT2D eigenvalue weighted by atomic mass is 16.7. The third-order valence-corrected chi connectivity index (χ3v) is 10.3. The lowest BCUT2D eigenvalue weighted by atomic mass is 9.81. The number of ketones is 1. The number of esters is 4. The SMILES string of the molecule is CC[C@H](C)C(=O)O[C@@H]1/C(C)=C/[C@@]23O[C@@]2(C[C@H](C)[C@@H]3OC(C)=O)C(=O)[C@H](C)[C@@H]2O[C@@H](OC(C)=O)[C@]3(C)[C@H]2[C@@H]3C1OC(C)=O. The standard InChI is InChI=1S/C31H42O11/c1-10-13(2)27(36)40-22-14(3)11-31-26(38-18(7)33)15(4)12-30(31,42-31)25(35)16(5)23-20-21(24(22)37-17(6)32)29(20,9)28(41-23)39-19(8)34/h11,13,15-16,20-24,26,28H,10,12H2,1-9H3/b14-11+/t13-,15-,16+,20-,21+,22+,23-,24?,26-,28+,29+,30-,31-/m0/s1. The van der Waals surface area contributed by atoms with E-state index in [9.17, 15) is 24.0 Å². The molecule has 2 heterocycles. The number of carbonyl (C=O) groups is 5. The summed E-state index contributed by atoms with van der Waals surface area (Å²) in [5, 5.41) is 0. The van der Waals surface area contributed by atoms with E-state index in [1.807, 2.05) is 20.8 Å². The van der Waals surface area contributed by atoms with Crippen molar-refractivity contribution >= 4 is 29.7 Å². The maximum absolute atomic E-state index is 14.4. The summed E-state index contributed by atoms with van der Waals surface area (Å²) in [6.07, 6.45) is -1.90.